The van der Waals surface area contributed by atoms with Crippen LogP contribution in [0.2, 0.25) is 0 Å². The van der Waals surface area contributed by atoms with Crippen molar-refractivity contribution in [2.24, 2.45) is 5.92 Å². The number of aromatic nitrogens is 2. The van der Waals surface area contributed by atoms with Gasteiger partial charge in [0.1, 0.15) is 5.52 Å². The van der Waals surface area contributed by atoms with Crippen molar-refractivity contribution in [1.82, 2.24) is 15.3 Å². The number of methoxy groups -OCH3 is 1. The lowest BCUT2D eigenvalue weighted by molar-refractivity contribution is -0.136. The second-order valence-electron chi connectivity index (χ2n) is 7.11. The zero-order valence-electron chi connectivity index (χ0n) is 15.0. The van der Waals surface area contributed by atoms with Crippen LogP contribution >= 0.6 is 0 Å². The number of alkyl halides is 3. The van der Waals surface area contributed by atoms with Crippen molar-refractivity contribution in [2.45, 2.75) is 44.3 Å². The average Bonchev–Trinajstić information content (AvgIpc) is 2.59. The molecule has 142 valence electrons. The van der Waals surface area contributed by atoms with E-state index in [-0.39, 0.29) is 11.4 Å². The molecule has 1 N–H and O–H groups in total. The highest BCUT2D eigenvalue weighted by Gasteiger charge is 2.35. The number of nitrogens with one attached hydrogen (secondary N) is 1. The molecule has 1 heterocycles. The van der Waals surface area contributed by atoms with Crippen molar-refractivity contribution < 1.29 is 17.9 Å². The Hall–Kier alpha value is -1.73. The second-order valence-corrected chi connectivity index (χ2v) is 7.11. The monoisotopic (exact) mass is 367 g/mol. The van der Waals surface area contributed by atoms with Crippen molar-refractivity contribution in [1.29, 1.82) is 0 Å². The molecule has 4 nitrogen and oxygen atoms in total. The Kier molecular flexibility index (Phi) is 5.77. The number of hydrogen-bond donors (Lipinski definition) is 1. The third-order valence-corrected chi connectivity index (χ3v) is 5.08. The quantitative estimate of drug-likeness (QED) is 0.807. The van der Waals surface area contributed by atoms with E-state index in [1.54, 1.807) is 13.2 Å². The van der Waals surface area contributed by atoms with E-state index < -0.39 is 11.7 Å². The fraction of sp³-hybridized carbons (Fsp3) is 0.579. The molecule has 1 aliphatic carbocycles. The van der Waals surface area contributed by atoms with E-state index in [0.29, 0.717) is 24.1 Å². The number of rotatable bonds is 5. The molecule has 7 heteroatoms. The van der Waals surface area contributed by atoms with Gasteiger partial charge in [0.2, 0.25) is 0 Å². The normalized spacial score (nSPS) is 24.1. The maximum absolute atomic E-state index is 13.3. The van der Waals surface area contributed by atoms with E-state index in [4.69, 9.17) is 4.74 Å². The maximum atomic E-state index is 13.3. The van der Waals surface area contributed by atoms with Crippen LogP contribution in [0.25, 0.3) is 11.0 Å². The molecule has 3 rings (SSSR count). The topological polar surface area (TPSA) is 47.0 Å². The minimum Gasteiger partial charge on any atom is -0.383 e. The van der Waals surface area contributed by atoms with Crippen molar-refractivity contribution in [3.8, 4) is 0 Å². The Bertz CT molecular complexity index is 750. The van der Waals surface area contributed by atoms with E-state index >= 15 is 0 Å². The van der Waals surface area contributed by atoms with Crippen molar-refractivity contribution in [2.75, 3.05) is 20.3 Å². The van der Waals surface area contributed by atoms with Crippen LogP contribution in [0.15, 0.2) is 24.5 Å². The molecule has 1 fully saturated rings. The molecule has 0 bridgehead atoms. The molecule has 0 unspecified atom stereocenters. The number of nitrogens with zero attached hydrogens (tertiary/aromatic N) is 2. The SMILES string of the molecule is COCCN[C@H]1C[C@@H](C)C[C@@H](c2ccc(C(F)(F)F)c3nccnc23)C1. The smallest absolute Gasteiger partial charge is 0.383 e. The van der Waals surface area contributed by atoms with Crippen molar-refractivity contribution in [3.63, 3.8) is 0 Å². The van der Waals surface area contributed by atoms with E-state index in [9.17, 15) is 13.2 Å². The largest absolute Gasteiger partial charge is 0.418 e. The number of fused-ring (bicyclic) bond motifs is 1. The van der Waals surface area contributed by atoms with E-state index in [1.165, 1.54) is 12.4 Å². The maximum Gasteiger partial charge on any atom is 0.418 e. The van der Waals surface area contributed by atoms with Gasteiger partial charge in [-0.25, -0.2) is 0 Å². The van der Waals surface area contributed by atoms with Gasteiger partial charge >= 0.3 is 6.18 Å². The first-order valence-corrected chi connectivity index (χ1v) is 8.93. The zero-order valence-corrected chi connectivity index (χ0v) is 15.0. The van der Waals surface area contributed by atoms with Gasteiger partial charge in [0.15, 0.2) is 0 Å². The lowest BCUT2D eigenvalue weighted by Crippen LogP contribution is -2.38. The Morgan fingerprint density at radius 1 is 1.12 bits per heavy atom. The van der Waals surface area contributed by atoms with Gasteiger partial charge in [-0.2, -0.15) is 13.2 Å². The summed E-state index contributed by atoms with van der Waals surface area (Å²) in [7, 11) is 1.67. The number of hydrogen-bond acceptors (Lipinski definition) is 4. The molecule has 26 heavy (non-hydrogen) atoms. The van der Waals surface area contributed by atoms with E-state index in [2.05, 4.69) is 22.2 Å². The highest BCUT2D eigenvalue weighted by atomic mass is 19.4. The van der Waals surface area contributed by atoms with Crippen LogP contribution in [-0.2, 0) is 10.9 Å². The van der Waals surface area contributed by atoms with Crippen LogP contribution in [0, 0.1) is 5.92 Å². The van der Waals surface area contributed by atoms with Crippen LogP contribution in [-0.4, -0.2) is 36.3 Å². The molecule has 0 saturated heterocycles. The van der Waals surface area contributed by atoms with Crippen LogP contribution < -0.4 is 5.32 Å². The summed E-state index contributed by atoms with van der Waals surface area (Å²) < 4.78 is 45.0. The molecule has 1 aromatic carbocycles. The van der Waals surface area contributed by atoms with Gasteiger partial charge in [-0.1, -0.05) is 13.0 Å². The molecule has 0 radical (unpaired) electrons. The summed E-state index contributed by atoms with van der Waals surface area (Å²) in [5.41, 5.74) is 0.464. The van der Waals surface area contributed by atoms with E-state index in [0.717, 1.165) is 37.4 Å². The Morgan fingerprint density at radius 3 is 2.54 bits per heavy atom. The van der Waals surface area contributed by atoms with Crippen LogP contribution in [0.3, 0.4) is 0 Å². The lowest BCUT2D eigenvalue weighted by atomic mass is 9.75. The van der Waals surface area contributed by atoms with Crippen LogP contribution in [0.5, 0.6) is 0 Å². The standard InChI is InChI=1S/C19H24F3N3O/c1-12-9-13(11-14(10-12)23-7-8-26-2)15-3-4-16(19(20,21)22)18-17(15)24-5-6-25-18/h3-6,12-14,23H,7-11H2,1-2H3/t12-,13+,14-/m0/s1. The molecule has 1 saturated carbocycles. The van der Waals surface area contributed by atoms with Crippen LogP contribution in [0.1, 0.15) is 43.2 Å². The summed E-state index contributed by atoms with van der Waals surface area (Å²) in [5.74, 6) is 0.656. The fourth-order valence-electron chi connectivity index (χ4n) is 4.02. The summed E-state index contributed by atoms with van der Waals surface area (Å²) in [6, 6.07) is 3.07. The second kappa shape index (κ2) is 7.88. The molecular formula is C19H24F3N3O. The van der Waals surface area contributed by atoms with Gasteiger partial charge in [0, 0.05) is 32.1 Å². The lowest BCUT2D eigenvalue weighted by Gasteiger charge is -2.34. The van der Waals surface area contributed by atoms with Gasteiger partial charge < -0.3 is 10.1 Å². The number of ether oxygens (including phenoxy) is 1. The Balaban J connectivity index is 1.92. The predicted octanol–water partition coefficient (Wildman–Crippen LogP) is 4.16. The predicted molar refractivity (Wildman–Crippen MR) is 94.0 cm³/mol. The van der Waals surface area contributed by atoms with Gasteiger partial charge in [-0.15, -0.1) is 0 Å². The molecule has 1 aliphatic rings. The zero-order chi connectivity index (χ0) is 18.7. The number of benzene rings is 1. The van der Waals surface area contributed by atoms with Gasteiger partial charge in [0.05, 0.1) is 17.7 Å². The molecule has 0 spiro atoms. The van der Waals surface area contributed by atoms with Gasteiger partial charge in [0.25, 0.3) is 0 Å². The first-order valence-electron chi connectivity index (χ1n) is 8.93. The highest BCUT2D eigenvalue weighted by molar-refractivity contribution is 5.82. The Labute approximate surface area is 151 Å². The van der Waals surface area contributed by atoms with Crippen molar-refractivity contribution in [3.05, 3.63) is 35.7 Å². The third kappa shape index (κ3) is 4.15. The third-order valence-electron chi connectivity index (χ3n) is 5.08. The minimum absolute atomic E-state index is 0.0559. The summed E-state index contributed by atoms with van der Waals surface area (Å²) in [6.07, 6.45) is 1.23. The summed E-state index contributed by atoms with van der Waals surface area (Å²) >= 11 is 0. The van der Waals surface area contributed by atoms with Gasteiger partial charge in [-0.05, 0) is 42.7 Å². The van der Waals surface area contributed by atoms with E-state index in [1.807, 2.05) is 0 Å². The molecule has 3 atom stereocenters. The first kappa shape index (κ1) is 19.0. The first-order chi connectivity index (χ1) is 12.4. The average molecular weight is 367 g/mol. The molecule has 1 aromatic heterocycles. The minimum atomic E-state index is -4.43. The highest BCUT2D eigenvalue weighted by Crippen LogP contribution is 2.41. The summed E-state index contributed by atoms with van der Waals surface area (Å²) in [4.78, 5) is 8.24. The molecular weight excluding hydrogens is 343 g/mol. The molecule has 0 aliphatic heterocycles. The number of halogens is 3. The molecule has 0 amide bonds. The van der Waals surface area contributed by atoms with Crippen molar-refractivity contribution >= 4 is 11.0 Å². The summed E-state index contributed by atoms with van der Waals surface area (Å²) in [5, 5.41) is 3.50. The van der Waals surface area contributed by atoms with Crippen LogP contribution in [0.4, 0.5) is 13.2 Å². The summed E-state index contributed by atoms with van der Waals surface area (Å²) in [6.45, 7) is 3.60. The fourth-order valence-corrected chi connectivity index (χ4v) is 4.02. The molecule has 2 aromatic rings. The Morgan fingerprint density at radius 2 is 1.85 bits per heavy atom. The van der Waals surface area contributed by atoms with Gasteiger partial charge in [-0.3, -0.25) is 9.97 Å².